The topological polar surface area (TPSA) is 67.2 Å². The fourth-order valence-electron chi connectivity index (χ4n) is 4.11. The molecule has 2 aliphatic rings. The van der Waals surface area contributed by atoms with Crippen LogP contribution in [0.15, 0.2) is 18.5 Å². The minimum atomic E-state index is 0.00919. The van der Waals surface area contributed by atoms with Gasteiger partial charge in [0.05, 0.1) is 6.04 Å². The van der Waals surface area contributed by atoms with Gasteiger partial charge in [-0.25, -0.2) is 9.97 Å². The predicted molar refractivity (Wildman–Crippen MR) is 102 cm³/mol. The molecule has 4 heterocycles. The number of carbonyl (C=O) groups excluding carboxylic acids is 1. The Morgan fingerprint density at radius 1 is 1.30 bits per heavy atom. The van der Waals surface area contributed by atoms with Gasteiger partial charge in [-0.3, -0.25) is 9.48 Å². The average molecular weight is 368 g/mol. The molecule has 1 fully saturated rings. The van der Waals surface area contributed by atoms with Gasteiger partial charge in [0.25, 0.3) is 0 Å². The number of likely N-dealkylation sites (tertiary alicyclic amines) is 1. The first-order chi connectivity index (χ1) is 13.1. The van der Waals surface area contributed by atoms with Gasteiger partial charge in [0.2, 0.25) is 5.91 Å². The Balaban J connectivity index is 1.49. The molecule has 7 nitrogen and oxygen atoms in total. The Morgan fingerprint density at radius 3 is 3.00 bits per heavy atom. The summed E-state index contributed by atoms with van der Waals surface area (Å²) in [5, 5.41) is 4.28. The van der Waals surface area contributed by atoms with E-state index in [1.807, 2.05) is 28.8 Å². The Kier molecular flexibility index (Phi) is 5.20. The molecule has 0 spiro atoms. The van der Waals surface area contributed by atoms with Gasteiger partial charge in [-0.05, 0) is 39.3 Å². The van der Waals surface area contributed by atoms with Crippen molar-refractivity contribution < 1.29 is 4.79 Å². The van der Waals surface area contributed by atoms with Crippen LogP contribution < -0.4 is 0 Å². The minimum absolute atomic E-state index is 0.00919. The van der Waals surface area contributed by atoms with E-state index in [1.54, 1.807) is 6.20 Å². The highest BCUT2D eigenvalue weighted by molar-refractivity contribution is 5.76. The van der Waals surface area contributed by atoms with Crippen molar-refractivity contribution in [1.82, 2.24) is 29.5 Å². The summed E-state index contributed by atoms with van der Waals surface area (Å²) in [6.07, 6.45) is 8.30. The maximum Gasteiger partial charge on any atom is 0.225 e. The van der Waals surface area contributed by atoms with E-state index in [0.717, 1.165) is 62.5 Å². The van der Waals surface area contributed by atoms with Crippen LogP contribution in [0.5, 0.6) is 0 Å². The molecule has 2 aliphatic heterocycles. The molecule has 4 rings (SSSR count). The van der Waals surface area contributed by atoms with Gasteiger partial charge in [0.1, 0.15) is 0 Å². The minimum Gasteiger partial charge on any atom is -0.332 e. The van der Waals surface area contributed by atoms with Gasteiger partial charge < -0.3 is 9.80 Å². The molecule has 27 heavy (non-hydrogen) atoms. The number of aromatic nitrogens is 4. The molecule has 0 aliphatic carbocycles. The van der Waals surface area contributed by atoms with E-state index in [1.165, 1.54) is 5.56 Å². The zero-order valence-electron chi connectivity index (χ0n) is 16.3. The van der Waals surface area contributed by atoms with Crippen molar-refractivity contribution in [1.29, 1.82) is 0 Å². The molecule has 144 valence electrons. The summed E-state index contributed by atoms with van der Waals surface area (Å²) in [6.45, 7) is 5.37. The van der Waals surface area contributed by atoms with E-state index in [0.29, 0.717) is 13.0 Å². The van der Waals surface area contributed by atoms with Crippen molar-refractivity contribution in [2.24, 2.45) is 0 Å². The van der Waals surface area contributed by atoms with Crippen LogP contribution in [0.1, 0.15) is 54.5 Å². The summed E-state index contributed by atoms with van der Waals surface area (Å²) in [4.78, 5) is 26.8. The molecule has 0 N–H and O–H groups in total. The smallest absolute Gasteiger partial charge is 0.225 e. The molecule has 1 saturated heterocycles. The molecule has 0 saturated carbocycles. The molecular formula is C20H28N6O. The van der Waals surface area contributed by atoms with Crippen LogP contribution in [0.3, 0.4) is 0 Å². The van der Waals surface area contributed by atoms with Gasteiger partial charge in [-0.2, -0.15) is 5.10 Å². The lowest BCUT2D eigenvalue weighted by atomic mass is 10.00. The number of rotatable bonds is 4. The van der Waals surface area contributed by atoms with E-state index >= 15 is 0 Å². The van der Waals surface area contributed by atoms with E-state index in [4.69, 9.17) is 4.98 Å². The zero-order chi connectivity index (χ0) is 18.8. The number of likely N-dealkylation sites (N-methyl/N-ethyl adjacent to an activating group) is 1. The van der Waals surface area contributed by atoms with E-state index < -0.39 is 0 Å². The number of aryl methyl sites for hydroxylation is 2. The Bertz CT molecular complexity index is 817. The number of piperidine rings is 1. The molecule has 7 heteroatoms. The Hall–Kier alpha value is -2.28. The third-order valence-corrected chi connectivity index (χ3v) is 5.73. The van der Waals surface area contributed by atoms with Crippen molar-refractivity contribution >= 4 is 5.91 Å². The summed E-state index contributed by atoms with van der Waals surface area (Å²) in [6, 6.07) is 1.97. The van der Waals surface area contributed by atoms with Gasteiger partial charge in [-0.1, -0.05) is 0 Å². The first-order valence-corrected chi connectivity index (χ1v) is 9.93. The fourth-order valence-corrected chi connectivity index (χ4v) is 4.11. The second-order valence-electron chi connectivity index (χ2n) is 7.73. The van der Waals surface area contributed by atoms with E-state index in [2.05, 4.69) is 22.0 Å². The van der Waals surface area contributed by atoms with Gasteiger partial charge >= 0.3 is 0 Å². The summed E-state index contributed by atoms with van der Waals surface area (Å²) in [5.41, 5.74) is 3.46. The van der Waals surface area contributed by atoms with Gasteiger partial charge in [0.15, 0.2) is 5.82 Å². The highest BCUT2D eigenvalue weighted by Gasteiger charge is 2.30. The lowest BCUT2D eigenvalue weighted by Gasteiger charge is -2.35. The van der Waals surface area contributed by atoms with Crippen LogP contribution in [-0.2, 0) is 24.3 Å². The normalized spacial score (nSPS) is 20.5. The number of nitrogens with zero attached hydrogens (tertiary/aromatic N) is 6. The maximum absolute atomic E-state index is 12.9. The first kappa shape index (κ1) is 18.1. The molecule has 1 atom stereocenters. The average Bonchev–Trinajstić information content (AvgIpc) is 3.10. The zero-order valence-corrected chi connectivity index (χ0v) is 16.3. The van der Waals surface area contributed by atoms with Gasteiger partial charge in [-0.15, -0.1) is 0 Å². The van der Waals surface area contributed by atoms with Crippen molar-refractivity contribution in [3.63, 3.8) is 0 Å². The summed E-state index contributed by atoms with van der Waals surface area (Å²) in [5.74, 6) is 0.997. The third-order valence-electron chi connectivity index (χ3n) is 5.73. The lowest BCUT2D eigenvalue weighted by Crippen LogP contribution is -2.40. The largest absolute Gasteiger partial charge is 0.332 e. The maximum atomic E-state index is 12.9. The molecule has 0 bridgehead atoms. The van der Waals surface area contributed by atoms with E-state index in [-0.39, 0.29) is 11.9 Å². The number of amides is 1. The quantitative estimate of drug-likeness (QED) is 0.827. The third kappa shape index (κ3) is 3.88. The molecule has 2 aromatic heterocycles. The van der Waals surface area contributed by atoms with Crippen molar-refractivity contribution in [3.05, 3.63) is 41.2 Å². The van der Waals surface area contributed by atoms with Crippen LogP contribution in [-0.4, -0.2) is 55.6 Å². The second kappa shape index (κ2) is 7.76. The van der Waals surface area contributed by atoms with Crippen molar-refractivity contribution in [2.45, 2.75) is 58.2 Å². The predicted octanol–water partition coefficient (Wildman–Crippen LogP) is 2.11. The molecule has 1 amide bonds. The molecule has 0 unspecified atom stereocenters. The summed E-state index contributed by atoms with van der Waals surface area (Å²) in [7, 11) is 2.12. The van der Waals surface area contributed by atoms with Crippen molar-refractivity contribution in [2.75, 3.05) is 20.1 Å². The fraction of sp³-hybridized carbons (Fsp3) is 0.600. The Labute approximate surface area is 160 Å². The SMILES string of the molecule is Cc1ccnn1CCC(=O)N1CCCC[C@H]1c1ncc2c(n1)CCN(C)C2. The van der Waals surface area contributed by atoms with Crippen LogP contribution in [0.2, 0.25) is 0 Å². The van der Waals surface area contributed by atoms with Crippen molar-refractivity contribution in [3.8, 4) is 0 Å². The highest BCUT2D eigenvalue weighted by Crippen LogP contribution is 2.30. The van der Waals surface area contributed by atoms with Crippen LogP contribution in [0.4, 0.5) is 0 Å². The summed E-state index contributed by atoms with van der Waals surface area (Å²) < 4.78 is 1.89. The second-order valence-corrected chi connectivity index (χ2v) is 7.73. The van der Waals surface area contributed by atoms with Crippen LogP contribution >= 0.6 is 0 Å². The number of carbonyl (C=O) groups is 1. The highest BCUT2D eigenvalue weighted by atomic mass is 16.2. The number of hydrogen-bond donors (Lipinski definition) is 0. The molecular weight excluding hydrogens is 340 g/mol. The number of hydrogen-bond acceptors (Lipinski definition) is 5. The monoisotopic (exact) mass is 368 g/mol. The standard InChI is InChI=1S/C20H28N6O/c1-15-6-9-22-26(15)12-8-19(27)25-10-4-3-5-18(25)20-21-13-16-14-24(2)11-7-17(16)23-20/h6,9,13,18H,3-5,7-8,10-12,14H2,1-2H3/t18-/m0/s1. The number of fused-ring (bicyclic) bond motifs is 1. The summed E-state index contributed by atoms with van der Waals surface area (Å²) >= 11 is 0. The van der Waals surface area contributed by atoms with E-state index in [9.17, 15) is 4.79 Å². The molecule has 2 aromatic rings. The van der Waals surface area contributed by atoms with Crippen LogP contribution in [0, 0.1) is 6.92 Å². The molecule has 0 aromatic carbocycles. The Morgan fingerprint density at radius 2 is 2.19 bits per heavy atom. The molecule has 0 radical (unpaired) electrons. The van der Waals surface area contributed by atoms with Crippen LogP contribution in [0.25, 0.3) is 0 Å². The first-order valence-electron chi connectivity index (χ1n) is 9.93. The lowest BCUT2D eigenvalue weighted by molar-refractivity contribution is -0.135. The van der Waals surface area contributed by atoms with Gasteiger partial charge in [0, 0.05) is 68.4 Å².